The molecule has 0 unspecified atom stereocenters. The zero-order valence-corrected chi connectivity index (χ0v) is 15.2. The Hall–Kier alpha value is -2.94. The molecule has 0 aliphatic carbocycles. The van der Waals surface area contributed by atoms with E-state index in [1.807, 2.05) is 30.5 Å². The predicted molar refractivity (Wildman–Crippen MR) is 98.0 cm³/mol. The first-order valence-electron chi connectivity index (χ1n) is 7.86. The normalized spacial score (nSPS) is 10.7. The molecule has 1 amide bonds. The predicted octanol–water partition coefficient (Wildman–Crippen LogP) is 1.40. The average molecular weight is 370 g/mol. The van der Waals surface area contributed by atoms with Gasteiger partial charge in [-0.25, -0.2) is 14.6 Å². The summed E-state index contributed by atoms with van der Waals surface area (Å²) in [6.07, 6.45) is 6.23. The molecule has 0 atom stereocenters. The van der Waals surface area contributed by atoms with Crippen molar-refractivity contribution < 1.29 is 4.79 Å². The van der Waals surface area contributed by atoms with Crippen LogP contribution in [0.3, 0.4) is 0 Å². The lowest BCUT2D eigenvalue weighted by molar-refractivity contribution is 0.0782. The number of nitrogens with one attached hydrogen (secondary N) is 1. The molecule has 1 aromatic carbocycles. The van der Waals surface area contributed by atoms with Gasteiger partial charge in [-0.2, -0.15) is 5.10 Å². The number of carbonyl (C=O) groups excluding carboxylic acids is 1. The number of hydrogen-bond acceptors (Lipinski definition) is 6. The lowest BCUT2D eigenvalue weighted by Gasteiger charge is -2.17. The van der Waals surface area contributed by atoms with Crippen molar-refractivity contribution in [2.75, 3.05) is 13.3 Å². The highest BCUT2D eigenvalue weighted by Gasteiger charge is 2.17. The van der Waals surface area contributed by atoms with Gasteiger partial charge < -0.3 is 9.88 Å². The van der Waals surface area contributed by atoms with Crippen LogP contribution >= 0.6 is 11.8 Å². The summed E-state index contributed by atoms with van der Waals surface area (Å²) < 4.78 is 1.53. The number of amides is 1. The molecule has 0 saturated heterocycles. The maximum Gasteiger partial charge on any atom is 0.263 e. The van der Waals surface area contributed by atoms with Gasteiger partial charge in [0.15, 0.2) is 0 Å². The molecule has 2 heterocycles. The number of benzene rings is 1. The summed E-state index contributed by atoms with van der Waals surface area (Å²) in [5.74, 6) is 0.0352. The highest BCUT2D eigenvalue weighted by atomic mass is 32.2. The molecule has 3 rings (SSSR count). The molecule has 0 radical (unpaired) electrons. The number of H-pyrrole nitrogens is 1. The summed E-state index contributed by atoms with van der Waals surface area (Å²) in [5, 5.41) is 3.95. The van der Waals surface area contributed by atoms with Crippen LogP contribution in [-0.4, -0.2) is 48.8 Å². The van der Waals surface area contributed by atoms with E-state index < -0.39 is 5.56 Å². The summed E-state index contributed by atoms with van der Waals surface area (Å²) >= 11 is 1.64. The van der Waals surface area contributed by atoms with Crippen LogP contribution in [-0.2, 0) is 13.1 Å². The third-order valence-corrected chi connectivity index (χ3v) is 4.49. The summed E-state index contributed by atoms with van der Waals surface area (Å²) in [6.45, 7) is 0.689. The van der Waals surface area contributed by atoms with Gasteiger partial charge in [0.25, 0.3) is 11.5 Å². The summed E-state index contributed by atoms with van der Waals surface area (Å²) in [5.41, 5.74) is 0.542. The second-order valence-electron chi connectivity index (χ2n) is 5.68. The van der Waals surface area contributed by atoms with Crippen molar-refractivity contribution >= 4 is 17.7 Å². The van der Waals surface area contributed by atoms with Gasteiger partial charge in [-0.1, -0.05) is 12.1 Å². The molecule has 134 valence electrons. The first-order valence-corrected chi connectivity index (χ1v) is 9.08. The van der Waals surface area contributed by atoms with Crippen LogP contribution in [0.2, 0.25) is 0 Å². The van der Waals surface area contributed by atoms with Crippen molar-refractivity contribution in [1.82, 2.24) is 29.6 Å². The highest BCUT2D eigenvalue weighted by molar-refractivity contribution is 7.98. The van der Waals surface area contributed by atoms with Crippen LogP contribution in [0.15, 0.2) is 52.8 Å². The molecule has 0 spiro atoms. The molecule has 1 N–H and O–H groups in total. The average Bonchev–Trinajstić information content (AvgIpc) is 3.14. The van der Waals surface area contributed by atoms with E-state index >= 15 is 0 Å². The molecule has 3 aromatic rings. The molecule has 0 aliphatic rings. The number of aromatic nitrogens is 5. The van der Waals surface area contributed by atoms with Gasteiger partial charge in [-0.15, -0.1) is 11.8 Å². The lowest BCUT2D eigenvalue weighted by atomic mass is 10.2. The van der Waals surface area contributed by atoms with Gasteiger partial charge in [0.2, 0.25) is 0 Å². The van der Waals surface area contributed by atoms with Crippen molar-refractivity contribution in [1.29, 1.82) is 0 Å². The van der Waals surface area contributed by atoms with Crippen LogP contribution in [0.5, 0.6) is 0 Å². The van der Waals surface area contributed by atoms with Gasteiger partial charge in [0, 0.05) is 24.7 Å². The second-order valence-corrected chi connectivity index (χ2v) is 6.56. The fourth-order valence-corrected chi connectivity index (χ4v) is 2.94. The topological polar surface area (TPSA) is 96.8 Å². The van der Waals surface area contributed by atoms with Gasteiger partial charge in [0.05, 0.1) is 0 Å². The summed E-state index contributed by atoms with van der Waals surface area (Å²) in [6, 6.07) is 7.94. The van der Waals surface area contributed by atoms with E-state index in [9.17, 15) is 9.59 Å². The Balaban J connectivity index is 1.73. The van der Waals surface area contributed by atoms with E-state index in [2.05, 4.69) is 20.1 Å². The Kier molecular flexibility index (Phi) is 5.47. The minimum Gasteiger partial charge on any atom is -0.337 e. The molecule has 26 heavy (non-hydrogen) atoms. The largest absolute Gasteiger partial charge is 0.337 e. The van der Waals surface area contributed by atoms with Gasteiger partial charge >= 0.3 is 0 Å². The van der Waals surface area contributed by atoms with Gasteiger partial charge in [-0.3, -0.25) is 9.59 Å². The Bertz CT molecular complexity index is 954. The second kappa shape index (κ2) is 7.96. The number of hydrogen-bond donors (Lipinski definition) is 1. The Morgan fingerprint density at radius 3 is 2.92 bits per heavy atom. The van der Waals surface area contributed by atoms with Crippen molar-refractivity contribution in [3.05, 3.63) is 70.4 Å². The number of nitrogens with zero attached hydrogens (tertiary/aromatic N) is 5. The number of rotatable bonds is 6. The van der Waals surface area contributed by atoms with Crippen molar-refractivity contribution in [3.8, 4) is 0 Å². The fraction of sp³-hybridized carbons (Fsp3) is 0.235. The van der Waals surface area contributed by atoms with Crippen molar-refractivity contribution in [2.45, 2.75) is 18.0 Å². The molecular weight excluding hydrogens is 352 g/mol. The van der Waals surface area contributed by atoms with Crippen LogP contribution < -0.4 is 5.56 Å². The zero-order valence-electron chi connectivity index (χ0n) is 14.4. The molecule has 8 nitrogen and oxygen atoms in total. The summed E-state index contributed by atoms with van der Waals surface area (Å²) in [4.78, 5) is 38.1. The van der Waals surface area contributed by atoms with E-state index in [1.165, 1.54) is 28.4 Å². The highest BCUT2D eigenvalue weighted by Crippen LogP contribution is 2.17. The molecule has 0 aliphatic heterocycles. The molecule has 0 bridgehead atoms. The smallest absolute Gasteiger partial charge is 0.263 e. The Morgan fingerprint density at radius 1 is 1.38 bits per heavy atom. The minimum absolute atomic E-state index is 0.0101. The quantitative estimate of drug-likeness (QED) is 0.659. The van der Waals surface area contributed by atoms with Crippen molar-refractivity contribution in [2.24, 2.45) is 0 Å². The zero-order chi connectivity index (χ0) is 18.5. The maximum atomic E-state index is 12.6. The van der Waals surface area contributed by atoms with Crippen LogP contribution in [0, 0.1) is 0 Å². The van der Waals surface area contributed by atoms with E-state index in [1.54, 1.807) is 18.8 Å². The van der Waals surface area contributed by atoms with Crippen LogP contribution in [0.25, 0.3) is 0 Å². The lowest BCUT2D eigenvalue weighted by Crippen LogP contribution is -2.32. The Morgan fingerprint density at radius 2 is 2.23 bits per heavy atom. The maximum absolute atomic E-state index is 12.6. The number of carbonyl (C=O) groups is 1. The van der Waals surface area contributed by atoms with Gasteiger partial charge in [-0.05, 0) is 24.0 Å². The van der Waals surface area contributed by atoms with Crippen molar-refractivity contribution in [3.63, 3.8) is 0 Å². The van der Waals surface area contributed by atoms with Gasteiger partial charge in [0.1, 0.15) is 30.6 Å². The third kappa shape index (κ3) is 4.17. The Labute approximate surface area is 154 Å². The molecule has 0 saturated carbocycles. The van der Waals surface area contributed by atoms with E-state index in [-0.39, 0.29) is 18.0 Å². The molecule has 9 heteroatoms. The van der Waals surface area contributed by atoms with E-state index in [0.29, 0.717) is 12.4 Å². The first-order chi connectivity index (χ1) is 12.6. The number of thioether (sulfide) groups is 1. The first kappa shape index (κ1) is 17.9. The minimum atomic E-state index is -0.468. The van der Waals surface area contributed by atoms with E-state index in [0.717, 1.165) is 10.5 Å². The fourth-order valence-electron chi connectivity index (χ4n) is 2.45. The molecule has 2 aromatic heterocycles. The monoisotopic (exact) mass is 370 g/mol. The molecule has 0 fully saturated rings. The standard InChI is InChI=1S/C17H18N6O2S/c1-22(8-12-4-3-5-13(6-12)26-2)17(25)14-7-19-15(21-16(14)24)9-23-11-18-10-20-23/h3-7,10-11H,8-9H2,1-2H3,(H,19,21,24). The summed E-state index contributed by atoms with van der Waals surface area (Å²) in [7, 11) is 1.66. The SMILES string of the molecule is CSc1cccc(CN(C)C(=O)c2cnc(Cn3cncn3)[nH]c2=O)c1. The van der Waals surface area contributed by atoms with E-state index in [4.69, 9.17) is 0 Å². The number of aromatic amines is 1. The molecular formula is C17H18N6O2S. The van der Waals surface area contributed by atoms with Crippen LogP contribution in [0.1, 0.15) is 21.7 Å². The van der Waals surface area contributed by atoms with Crippen LogP contribution in [0.4, 0.5) is 0 Å². The third-order valence-electron chi connectivity index (χ3n) is 3.76.